The summed E-state index contributed by atoms with van der Waals surface area (Å²) in [4.78, 5) is 10.4. The van der Waals surface area contributed by atoms with Crippen LogP contribution in [0.25, 0.3) is 22.3 Å². The molecule has 0 amide bonds. The van der Waals surface area contributed by atoms with Crippen molar-refractivity contribution in [1.82, 2.24) is 20.2 Å². The van der Waals surface area contributed by atoms with Gasteiger partial charge in [0, 0.05) is 24.1 Å². The maximum absolute atomic E-state index is 14.2. The topological polar surface area (TPSA) is 66.9 Å². The van der Waals surface area contributed by atoms with Gasteiger partial charge in [0.2, 0.25) is 0 Å². The molecule has 0 spiro atoms. The third-order valence-electron chi connectivity index (χ3n) is 4.33. The Bertz CT molecular complexity index is 942. The normalized spacial score (nSPS) is 17.4. The van der Waals surface area contributed by atoms with Gasteiger partial charge in [0.15, 0.2) is 11.6 Å². The number of nitrogens with zero attached hydrogens (tertiary/aromatic N) is 4. The highest BCUT2D eigenvalue weighted by molar-refractivity contribution is 5.93. The molecular formula is C18H19F2N5O. The molecule has 4 rings (SSSR count). The lowest BCUT2D eigenvalue weighted by molar-refractivity contribution is 0.231. The molecule has 1 aliphatic rings. The van der Waals surface area contributed by atoms with Crippen molar-refractivity contribution in [1.29, 1.82) is 0 Å². The summed E-state index contributed by atoms with van der Waals surface area (Å²) in [5, 5.41) is 7.81. The van der Waals surface area contributed by atoms with Crippen LogP contribution in [0.1, 0.15) is 20.3 Å². The summed E-state index contributed by atoms with van der Waals surface area (Å²) in [7, 11) is 0. The van der Waals surface area contributed by atoms with Crippen molar-refractivity contribution in [2.75, 3.05) is 18.0 Å². The highest BCUT2D eigenvalue weighted by Crippen LogP contribution is 2.32. The number of benzene rings is 1. The highest BCUT2D eigenvalue weighted by Gasteiger charge is 2.24. The van der Waals surface area contributed by atoms with E-state index in [9.17, 15) is 8.78 Å². The summed E-state index contributed by atoms with van der Waals surface area (Å²) < 4.78 is 33.2. The van der Waals surface area contributed by atoms with E-state index in [1.54, 1.807) is 12.1 Å². The van der Waals surface area contributed by atoms with Crippen LogP contribution in [-0.4, -0.2) is 45.5 Å². The number of H-pyrrole nitrogens is 1. The van der Waals surface area contributed by atoms with Gasteiger partial charge in [-0.1, -0.05) is 0 Å². The number of aromatic nitrogens is 4. The van der Waals surface area contributed by atoms with E-state index in [1.165, 1.54) is 12.4 Å². The number of nitrogens with one attached hydrogen (secondary N) is 1. The minimum Gasteiger partial charge on any atom is -0.488 e. The van der Waals surface area contributed by atoms with Crippen molar-refractivity contribution in [3.05, 3.63) is 30.3 Å². The van der Waals surface area contributed by atoms with Gasteiger partial charge in [0.1, 0.15) is 24.0 Å². The zero-order chi connectivity index (χ0) is 18.3. The fraction of sp³-hybridized carbons (Fsp3) is 0.389. The molecule has 0 saturated carbocycles. The van der Waals surface area contributed by atoms with Crippen molar-refractivity contribution < 1.29 is 13.5 Å². The SMILES string of the molecule is CC(C)Oc1cc2c(-c3cc(N4CCC(F)C4)ncn3)n[nH]c2cc1F. The zero-order valence-corrected chi connectivity index (χ0v) is 14.5. The van der Waals surface area contributed by atoms with Gasteiger partial charge in [-0.15, -0.1) is 0 Å². The van der Waals surface area contributed by atoms with Gasteiger partial charge in [-0.3, -0.25) is 5.10 Å². The fourth-order valence-corrected chi connectivity index (χ4v) is 3.13. The van der Waals surface area contributed by atoms with Crippen LogP contribution in [-0.2, 0) is 0 Å². The predicted molar refractivity (Wildman–Crippen MR) is 94.6 cm³/mol. The van der Waals surface area contributed by atoms with Gasteiger partial charge >= 0.3 is 0 Å². The van der Waals surface area contributed by atoms with Crippen LogP contribution in [0, 0.1) is 5.82 Å². The Kier molecular flexibility index (Phi) is 4.18. The Morgan fingerprint density at radius 3 is 2.85 bits per heavy atom. The Hall–Kier alpha value is -2.77. The number of fused-ring (bicyclic) bond motifs is 1. The maximum atomic E-state index is 14.2. The number of alkyl halides is 1. The molecule has 26 heavy (non-hydrogen) atoms. The minimum atomic E-state index is -0.835. The van der Waals surface area contributed by atoms with Crippen LogP contribution in [0.5, 0.6) is 5.75 Å². The van der Waals surface area contributed by atoms with Gasteiger partial charge < -0.3 is 9.64 Å². The molecule has 1 saturated heterocycles. The quantitative estimate of drug-likeness (QED) is 0.772. The summed E-state index contributed by atoms with van der Waals surface area (Å²) in [6, 6.07) is 4.76. The second-order valence-electron chi connectivity index (χ2n) is 6.66. The molecule has 2 aromatic heterocycles. The third-order valence-corrected chi connectivity index (χ3v) is 4.33. The van der Waals surface area contributed by atoms with Crippen molar-refractivity contribution >= 4 is 16.7 Å². The first-order valence-corrected chi connectivity index (χ1v) is 8.57. The van der Waals surface area contributed by atoms with Crippen molar-refractivity contribution in [3.8, 4) is 17.1 Å². The van der Waals surface area contributed by atoms with Crippen LogP contribution in [0.3, 0.4) is 0 Å². The lowest BCUT2D eigenvalue weighted by Crippen LogP contribution is -2.21. The number of hydrogen-bond donors (Lipinski definition) is 1. The molecule has 0 radical (unpaired) electrons. The van der Waals surface area contributed by atoms with Crippen LogP contribution in [0.15, 0.2) is 24.5 Å². The number of anilines is 1. The Morgan fingerprint density at radius 2 is 2.12 bits per heavy atom. The molecule has 1 N–H and O–H groups in total. The minimum absolute atomic E-state index is 0.147. The van der Waals surface area contributed by atoms with Crippen molar-refractivity contribution in [2.45, 2.75) is 32.5 Å². The molecule has 3 heterocycles. The molecular weight excluding hydrogens is 340 g/mol. The smallest absolute Gasteiger partial charge is 0.167 e. The van der Waals surface area contributed by atoms with E-state index < -0.39 is 12.0 Å². The van der Waals surface area contributed by atoms with E-state index in [4.69, 9.17) is 4.74 Å². The second kappa shape index (κ2) is 6.51. The van der Waals surface area contributed by atoms with Gasteiger partial charge in [-0.2, -0.15) is 5.10 Å². The maximum Gasteiger partial charge on any atom is 0.167 e. The molecule has 1 unspecified atom stereocenters. The first kappa shape index (κ1) is 16.7. The average molecular weight is 359 g/mol. The largest absolute Gasteiger partial charge is 0.488 e. The molecule has 0 bridgehead atoms. The molecule has 6 nitrogen and oxygen atoms in total. The van der Waals surface area contributed by atoms with E-state index in [0.717, 1.165) is 0 Å². The van der Waals surface area contributed by atoms with Crippen LogP contribution in [0.4, 0.5) is 14.6 Å². The molecule has 136 valence electrons. The zero-order valence-electron chi connectivity index (χ0n) is 14.5. The first-order valence-electron chi connectivity index (χ1n) is 8.57. The summed E-state index contributed by atoms with van der Waals surface area (Å²) >= 11 is 0. The second-order valence-corrected chi connectivity index (χ2v) is 6.66. The molecule has 0 aliphatic carbocycles. The van der Waals surface area contributed by atoms with Gasteiger partial charge in [0.25, 0.3) is 0 Å². The summed E-state index contributed by atoms with van der Waals surface area (Å²) in [5.74, 6) is 0.382. The van der Waals surface area contributed by atoms with E-state index in [2.05, 4.69) is 20.2 Å². The molecule has 1 aliphatic heterocycles. The van der Waals surface area contributed by atoms with Crippen LogP contribution in [0.2, 0.25) is 0 Å². The average Bonchev–Trinajstić information content (AvgIpc) is 3.21. The van der Waals surface area contributed by atoms with Crippen LogP contribution < -0.4 is 9.64 Å². The molecule has 1 aromatic carbocycles. The van der Waals surface area contributed by atoms with E-state index >= 15 is 0 Å². The predicted octanol–water partition coefficient (Wildman–Crippen LogP) is 3.49. The number of hydrogen-bond acceptors (Lipinski definition) is 5. The molecule has 8 heteroatoms. The van der Waals surface area contributed by atoms with Crippen molar-refractivity contribution in [3.63, 3.8) is 0 Å². The van der Waals surface area contributed by atoms with E-state index in [1.807, 2.05) is 18.7 Å². The monoisotopic (exact) mass is 359 g/mol. The lowest BCUT2D eigenvalue weighted by atomic mass is 10.1. The van der Waals surface area contributed by atoms with E-state index in [0.29, 0.717) is 47.6 Å². The van der Waals surface area contributed by atoms with Crippen LogP contribution >= 0.6 is 0 Å². The Morgan fingerprint density at radius 1 is 1.27 bits per heavy atom. The highest BCUT2D eigenvalue weighted by atomic mass is 19.1. The van der Waals surface area contributed by atoms with Gasteiger partial charge in [0.05, 0.1) is 23.9 Å². The number of aromatic amines is 1. The van der Waals surface area contributed by atoms with Crippen molar-refractivity contribution in [2.24, 2.45) is 0 Å². The Balaban J connectivity index is 1.74. The Labute approximate surface area is 149 Å². The fourth-order valence-electron chi connectivity index (χ4n) is 3.13. The molecule has 1 fully saturated rings. The third kappa shape index (κ3) is 3.07. The lowest BCUT2D eigenvalue weighted by Gasteiger charge is -2.16. The van der Waals surface area contributed by atoms with E-state index in [-0.39, 0.29) is 11.9 Å². The first-order chi connectivity index (χ1) is 12.5. The summed E-state index contributed by atoms with van der Waals surface area (Å²) in [6.45, 7) is 4.63. The summed E-state index contributed by atoms with van der Waals surface area (Å²) in [6.07, 6.45) is 0.955. The number of halogens is 2. The van der Waals surface area contributed by atoms with Gasteiger partial charge in [-0.05, 0) is 26.3 Å². The number of ether oxygens (including phenoxy) is 1. The molecule has 1 atom stereocenters. The van der Waals surface area contributed by atoms with Gasteiger partial charge in [-0.25, -0.2) is 18.7 Å². The number of rotatable bonds is 4. The summed E-state index contributed by atoms with van der Waals surface area (Å²) in [5.41, 5.74) is 1.72. The molecule has 3 aromatic rings. The standard InChI is InChI=1S/C18H19F2N5O/c1-10(2)26-16-5-12-14(6-13(16)20)23-24-18(12)15-7-17(22-9-21-15)25-4-3-11(19)8-25/h5-7,9-11H,3-4,8H2,1-2H3,(H,23,24).